The minimum absolute atomic E-state index is 0.127. The van der Waals surface area contributed by atoms with Gasteiger partial charge in [-0.15, -0.1) is 0 Å². The maximum Gasteiger partial charge on any atom is 0.346 e. The predicted molar refractivity (Wildman–Crippen MR) is 80.1 cm³/mol. The summed E-state index contributed by atoms with van der Waals surface area (Å²) in [6.07, 6.45) is -0.540. The number of ether oxygens (including phenoxy) is 2. The highest BCUT2D eigenvalue weighted by Crippen LogP contribution is 2.59. The van der Waals surface area contributed by atoms with E-state index in [4.69, 9.17) is 19.2 Å². The molecular weight excluding hydrogens is 316 g/mol. The van der Waals surface area contributed by atoms with Crippen molar-refractivity contribution in [2.75, 3.05) is 0 Å². The van der Waals surface area contributed by atoms with Crippen LogP contribution in [-0.2, 0) is 33.6 Å². The lowest BCUT2D eigenvalue weighted by atomic mass is 9.78. The van der Waals surface area contributed by atoms with Gasteiger partial charge in [0.05, 0.1) is 11.8 Å². The highest BCUT2D eigenvalue weighted by atomic mass is 17.2. The van der Waals surface area contributed by atoms with Gasteiger partial charge in [0, 0.05) is 17.4 Å². The minimum Gasteiger partial charge on any atom is -0.458 e. The fraction of sp³-hybridized carbons (Fsp3) is 0.706. The van der Waals surface area contributed by atoms with Crippen molar-refractivity contribution in [1.29, 1.82) is 0 Å². The molecule has 7 nitrogen and oxygen atoms in total. The Kier molecular flexibility index (Phi) is 3.94. The Labute approximate surface area is 140 Å². The van der Waals surface area contributed by atoms with Crippen molar-refractivity contribution >= 4 is 17.9 Å². The largest absolute Gasteiger partial charge is 0.458 e. The first kappa shape index (κ1) is 17.0. The molecule has 0 aromatic carbocycles. The second kappa shape index (κ2) is 5.58. The summed E-state index contributed by atoms with van der Waals surface area (Å²) in [6.45, 7) is 10.3. The first-order valence-corrected chi connectivity index (χ1v) is 8.06. The second-order valence-electron chi connectivity index (χ2n) is 7.76. The maximum absolute atomic E-state index is 12.5. The Balaban J connectivity index is 1.78. The Hall–Kier alpha value is -1.89. The first-order chi connectivity index (χ1) is 11.1. The van der Waals surface area contributed by atoms with Gasteiger partial charge in [0.2, 0.25) is 0 Å². The SMILES string of the molecule is C=C(C)C(=O)OC1C2CC3C1OC(=O)C3C2C(=O)OOC(C)(C)C. The Morgan fingerprint density at radius 3 is 2.50 bits per heavy atom. The van der Waals surface area contributed by atoms with Gasteiger partial charge in [-0.05, 0) is 34.1 Å². The molecule has 2 saturated carbocycles. The number of carbonyl (C=O) groups is 3. The number of hydrogen-bond donors (Lipinski definition) is 0. The van der Waals surface area contributed by atoms with Crippen LogP contribution in [0.4, 0.5) is 0 Å². The third-order valence-electron chi connectivity index (χ3n) is 4.78. The van der Waals surface area contributed by atoms with E-state index in [1.807, 2.05) is 0 Å². The Morgan fingerprint density at radius 1 is 1.25 bits per heavy atom. The number of hydrogen-bond acceptors (Lipinski definition) is 7. The summed E-state index contributed by atoms with van der Waals surface area (Å²) in [6, 6.07) is 0. The molecule has 3 fully saturated rings. The van der Waals surface area contributed by atoms with E-state index in [2.05, 4.69) is 6.58 Å². The standard InChI is InChI=1S/C17H22O7/c1-7(2)14(18)21-12-9-6-8-10(15(19)22-13(8)12)11(9)16(20)23-24-17(3,4)5/h8-13H,1,6H2,2-5H3. The van der Waals surface area contributed by atoms with E-state index in [1.165, 1.54) is 0 Å². The fourth-order valence-corrected chi connectivity index (χ4v) is 3.91. The van der Waals surface area contributed by atoms with Crippen LogP contribution in [-0.4, -0.2) is 35.7 Å². The molecule has 1 heterocycles. The first-order valence-electron chi connectivity index (χ1n) is 8.06. The van der Waals surface area contributed by atoms with Crippen molar-refractivity contribution in [3.63, 3.8) is 0 Å². The Morgan fingerprint density at radius 2 is 1.92 bits per heavy atom. The fourth-order valence-electron chi connectivity index (χ4n) is 3.91. The minimum atomic E-state index is -0.716. The van der Waals surface area contributed by atoms with Crippen molar-refractivity contribution in [3.05, 3.63) is 12.2 Å². The molecular formula is C17H22O7. The molecule has 3 rings (SSSR count). The quantitative estimate of drug-likeness (QED) is 0.332. The second-order valence-corrected chi connectivity index (χ2v) is 7.76. The number of carbonyl (C=O) groups excluding carboxylic acids is 3. The number of esters is 2. The molecule has 1 saturated heterocycles. The van der Waals surface area contributed by atoms with Gasteiger partial charge in [-0.2, -0.15) is 4.89 Å². The summed E-state index contributed by atoms with van der Waals surface area (Å²) in [5, 5.41) is 0. The molecule has 6 unspecified atom stereocenters. The summed E-state index contributed by atoms with van der Waals surface area (Å²) >= 11 is 0. The molecule has 24 heavy (non-hydrogen) atoms. The zero-order chi connectivity index (χ0) is 17.8. The van der Waals surface area contributed by atoms with Crippen LogP contribution >= 0.6 is 0 Å². The van der Waals surface area contributed by atoms with Crippen molar-refractivity contribution in [1.82, 2.24) is 0 Å². The van der Waals surface area contributed by atoms with E-state index < -0.39 is 47.6 Å². The van der Waals surface area contributed by atoms with Crippen LogP contribution in [0.15, 0.2) is 12.2 Å². The van der Waals surface area contributed by atoms with Crippen molar-refractivity contribution in [3.8, 4) is 0 Å². The van der Waals surface area contributed by atoms with Crippen LogP contribution in [0, 0.1) is 23.7 Å². The molecule has 0 aromatic heterocycles. The van der Waals surface area contributed by atoms with E-state index in [0.29, 0.717) is 6.42 Å². The average molecular weight is 338 g/mol. The van der Waals surface area contributed by atoms with Crippen LogP contribution in [0.3, 0.4) is 0 Å². The van der Waals surface area contributed by atoms with E-state index >= 15 is 0 Å². The highest BCUT2D eigenvalue weighted by Gasteiger charge is 2.70. The van der Waals surface area contributed by atoms with Gasteiger partial charge in [-0.3, -0.25) is 9.68 Å². The lowest BCUT2D eigenvalue weighted by Gasteiger charge is -2.30. The van der Waals surface area contributed by atoms with E-state index in [9.17, 15) is 14.4 Å². The zero-order valence-electron chi connectivity index (χ0n) is 14.2. The molecule has 0 radical (unpaired) electrons. The monoisotopic (exact) mass is 338 g/mol. The Bertz CT molecular complexity index is 603. The molecule has 3 aliphatic rings. The predicted octanol–water partition coefficient (Wildman–Crippen LogP) is 1.56. The molecule has 2 bridgehead atoms. The van der Waals surface area contributed by atoms with Crippen LogP contribution in [0.5, 0.6) is 0 Å². The van der Waals surface area contributed by atoms with Crippen LogP contribution in [0.1, 0.15) is 34.1 Å². The third kappa shape index (κ3) is 2.70. The van der Waals surface area contributed by atoms with Gasteiger partial charge >= 0.3 is 17.9 Å². The highest BCUT2D eigenvalue weighted by molar-refractivity contribution is 5.88. The maximum atomic E-state index is 12.5. The molecule has 0 amide bonds. The van der Waals surface area contributed by atoms with Crippen LogP contribution in [0.25, 0.3) is 0 Å². The van der Waals surface area contributed by atoms with Gasteiger partial charge in [-0.1, -0.05) is 6.58 Å². The van der Waals surface area contributed by atoms with Gasteiger partial charge in [0.25, 0.3) is 0 Å². The van der Waals surface area contributed by atoms with Crippen molar-refractivity contribution in [2.45, 2.75) is 51.9 Å². The number of rotatable bonds is 4. The summed E-state index contributed by atoms with van der Waals surface area (Å²) < 4.78 is 10.8. The molecule has 2 aliphatic carbocycles. The topological polar surface area (TPSA) is 88.1 Å². The van der Waals surface area contributed by atoms with Crippen molar-refractivity contribution in [2.24, 2.45) is 23.7 Å². The van der Waals surface area contributed by atoms with Gasteiger partial charge in [-0.25, -0.2) is 9.59 Å². The molecule has 132 valence electrons. The zero-order valence-corrected chi connectivity index (χ0v) is 14.2. The van der Waals surface area contributed by atoms with Gasteiger partial charge < -0.3 is 9.47 Å². The molecule has 0 spiro atoms. The lowest BCUT2D eigenvalue weighted by molar-refractivity contribution is -0.324. The van der Waals surface area contributed by atoms with Crippen LogP contribution in [0.2, 0.25) is 0 Å². The lowest BCUT2D eigenvalue weighted by Crippen LogP contribution is -2.44. The summed E-state index contributed by atoms with van der Waals surface area (Å²) in [7, 11) is 0. The van der Waals surface area contributed by atoms with Gasteiger partial charge in [0.15, 0.2) is 0 Å². The molecule has 1 aliphatic heterocycles. The molecule has 6 atom stereocenters. The molecule has 7 heteroatoms. The van der Waals surface area contributed by atoms with Crippen molar-refractivity contribution < 1.29 is 33.6 Å². The van der Waals surface area contributed by atoms with E-state index in [1.54, 1.807) is 27.7 Å². The third-order valence-corrected chi connectivity index (χ3v) is 4.78. The summed E-state index contributed by atoms with van der Waals surface area (Å²) in [5.74, 6) is -3.30. The average Bonchev–Trinajstić information content (AvgIpc) is 3.06. The summed E-state index contributed by atoms with van der Waals surface area (Å²) in [4.78, 5) is 46.5. The smallest absolute Gasteiger partial charge is 0.346 e. The van der Waals surface area contributed by atoms with E-state index in [-0.39, 0.29) is 17.4 Å². The van der Waals surface area contributed by atoms with E-state index in [0.717, 1.165) is 0 Å². The number of fused-ring (bicyclic) bond motifs is 1. The molecule has 0 N–H and O–H groups in total. The molecule has 0 aromatic rings. The van der Waals surface area contributed by atoms with Gasteiger partial charge in [0.1, 0.15) is 17.8 Å². The normalized spacial score (nSPS) is 36.4. The summed E-state index contributed by atoms with van der Waals surface area (Å²) in [5.41, 5.74) is -0.397. The van der Waals surface area contributed by atoms with Crippen LogP contribution < -0.4 is 0 Å².